The van der Waals surface area contributed by atoms with Crippen molar-refractivity contribution in [2.75, 3.05) is 79.1 Å². The van der Waals surface area contributed by atoms with Crippen molar-refractivity contribution in [1.82, 2.24) is 16.0 Å². The molecule has 0 saturated heterocycles. The van der Waals surface area contributed by atoms with E-state index < -0.39 is 18.7 Å². The van der Waals surface area contributed by atoms with Crippen LogP contribution in [0.1, 0.15) is 97.8 Å². The summed E-state index contributed by atoms with van der Waals surface area (Å²) >= 11 is 0. The van der Waals surface area contributed by atoms with Gasteiger partial charge in [0.25, 0.3) is 0 Å². The van der Waals surface area contributed by atoms with Gasteiger partial charge in [-0.2, -0.15) is 0 Å². The number of aliphatic hydroxyl groups excluding tert-OH is 6. The second-order valence-corrected chi connectivity index (χ2v) is 12.1. The zero-order valence-electron chi connectivity index (χ0n) is 28.8. The van der Waals surface area contributed by atoms with E-state index in [1.807, 2.05) is 0 Å². The van der Waals surface area contributed by atoms with Gasteiger partial charge in [0.15, 0.2) is 0 Å². The smallest absolute Gasteiger partial charge is 0.105 e. The van der Waals surface area contributed by atoms with Crippen LogP contribution in [-0.4, -0.2) is 128 Å². The van der Waals surface area contributed by atoms with E-state index >= 15 is 0 Å². The van der Waals surface area contributed by atoms with E-state index in [-0.39, 0.29) is 45.1 Å². The van der Waals surface area contributed by atoms with Crippen LogP contribution in [0.25, 0.3) is 0 Å². The van der Waals surface area contributed by atoms with Crippen LogP contribution in [0.3, 0.4) is 0 Å². The molecule has 45 heavy (non-hydrogen) atoms. The highest BCUT2D eigenvalue weighted by Gasteiger charge is 2.43. The number of ether oxygens (including phenoxy) is 3. The molecule has 5 unspecified atom stereocenters. The largest absolute Gasteiger partial charge is 0.394 e. The Balaban J connectivity index is 5.82. The first-order valence-corrected chi connectivity index (χ1v) is 17.6. The molecule has 272 valence electrons. The number of nitrogens with one attached hydrogen (secondary N) is 3. The highest BCUT2D eigenvalue weighted by molar-refractivity contribution is 4.93. The Labute approximate surface area is 273 Å². The average Bonchev–Trinajstić information content (AvgIpc) is 3.03. The number of hydrogen-bond acceptors (Lipinski definition) is 12. The fourth-order valence-corrected chi connectivity index (χ4v) is 6.70. The third-order valence-electron chi connectivity index (χ3n) is 8.66. The quantitative estimate of drug-likeness (QED) is 0.0357. The van der Waals surface area contributed by atoms with Crippen LogP contribution in [0.4, 0.5) is 0 Å². The minimum atomic E-state index is -0.680. The molecule has 0 bridgehead atoms. The summed E-state index contributed by atoms with van der Waals surface area (Å²) in [5.74, 6) is 0.663. The summed E-state index contributed by atoms with van der Waals surface area (Å²) < 4.78 is 16.0. The molecular formula is C33H71N3O9. The van der Waals surface area contributed by atoms with Crippen LogP contribution in [0.2, 0.25) is 0 Å². The van der Waals surface area contributed by atoms with Crippen molar-refractivity contribution >= 4 is 0 Å². The molecule has 12 heteroatoms. The second kappa shape index (κ2) is 30.8. The van der Waals surface area contributed by atoms with Crippen molar-refractivity contribution in [3.63, 3.8) is 0 Å². The normalized spacial score (nSPS) is 16.7. The van der Waals surface area contributed by atoms with E-state index in [1.54, 1.807) is 0 Å². The molecule has 0 radical (unpaired) electrons. The summed E-state index contributed by atoms with van der Waals surface area (Å²) in [5, 5.41) is 68.7. The molecule has 0 aliphatic heterocycles. The molecule has 0 aromatic rings. The molecule has 9 N–H and O–H groups in total. The van der Waals surface area contributed by atoms with E-state index in [4.69, 9.17) is 29.5 Å². The van der Waals surface area contributed by atoms with Gasteiger partial charge in [0.2, 0.25) is 0 Å². The lowest BCUT2D eigenvalue weighted by atomic mass is 9.57. The van der Waals surface area contributed by atoms with Crippen LogP contribution in [-0.2, 0) is 14.2 Å². The monoisotopic (exact) mass is 654 g/mol. The molecule has 0 fully saturated rings. The van der Waals surface area contributed by atoms with E-state index in [0.717, 1.165) is 57.8 Å². The predicted molar refractivity (Wildman–Crippen MR) is 178 cm³/mol. The van der Waals surface area contributed by atoms with Gasteiger partial charge in [-0.25, -0.2) is 0 Å². The van der Waals surface area contributed by atoms with Crippen molar-refractivity contribution in [3.05, 3.63) is 0 Å². The van der Waals surface area contributed by atoms with Gasteiger partial charge in [0, 0.05) is 19.6 Å². The summed E-state index contributed by atoms with van der Waals surface area (Å²) in [6.45, 7) is 10.2. The Morgan fingerprint density at radius 2 is 0.844 bits per heavy atom. The first kappa shape index (κ1) is 44.5. The molecule has 0 saturated carbocycles. The Morgan fingerprint density at radius 3 is 1.18 bits per heavy atom. The standard InChI is InChI=1S/C33H71N3O9/c1-4-7-28(9-11-30(40)34-16-22-43-25-19-37)33(14-6-3,15-13-32(42)36-18-24-45-27-21-39)29(8-5-2)10-12-31(41)35-17-23-44-26-20-38/h28-32,34-42H,4-27H2,1-3H3. The Kier molecular flexibility index (Phi) is 30.5. The highest BCUT2D eigenvalue weighted by atomic mass is 16.5. The lowest BCUT2D eigenvalue weighted by molar-refractivity contribution is -0.0132. The topological polar surface area (TPSA) is 185 Å². The van der Waals surface area contributed by atoms with Gasteiger partial charge in [-0.1, -0.05) is 52.9 Å². The zero-order chi connectivity index (χ0) is 33.6. The third-order valence-corrected chi connectivity index (χ3v) is 8.66. The van der Waals surface area contributed by atoms with Crippen molar-refractivity contribution in [2.24, 2.45) is 17.3 Å². The molecule has 0 spiro atoms. The molecular weight excluding hydrogens is 582 g/mol. The average molecular weight is 654 g/mol. The summed E-state index contributed by atoms with van der Waals surface area (Å²) in [5.41, 5.74) is -0.0786. The molecule has 0 aliphatic carbocycles. The van der Waals surface area contributed by atoms with Crippen LogP contribution in [0.15, 0.2) is 0 Å². The molecule has 0 amide bonds. The minimum Gasteiger partial charge on any atom is -0.394 e. The van der Waals surface area contributed by atoms with Crippen LogP contribution >= 0.6 is 0 Å². The first-order chi connectivity index (χ1) is 21.8. The van der Waals surface area contributed by atoms with Crippen molar-refractivity contribution < 1.29 is 44.8 Å². The van der Waals surface area contributed by atoms with Gasteiger partial charge in [-0.15, -0.1) is 0 Å². The number of hydrogen-bond donors (Lipinski definition) is 9. The lowest BCUT2D eigenvalue weighted by Gasteiger charge is -2.49. The molecule has 5 atom stereocenters. The Hall–Kier alpha value is -0.480. The maximum absolute atomic E-state index is 10.9. The van der Waals surface area contributed by atoms with Crippen molar-refractivity contribution in [3.8, 4) is 0 Å². The summed E-state index contributed by atoms with van der Waals surface area (Å²) in [6, 6.07) is 0. The van der Waals surface area contributed by atoms with Crippen molar-refractivity contribution in [2.45, 2.75) is 117 Å². The second-order valence-electron chi connectivity index (χ2n) is 12.1. The molecule has 0 aliphatic rings. The molecule has 0 aromatic heterocycles. The fourth-order valence-electron chi connectivity index (χ4n) is 6.70. The minimum absolute atomic E-state index is 0.0203. The van der Waals surface area contributed by atoms with Crippen molar-refractivity contribution in [1.29, 1.82) is 0 Å². The van der Waals surface area contributed by atoms with E-state index in [0.29, 0.717) is 70.6 Å². The highest BCUT2D eigenvalue weighted by Crippen LogP contribution is 2.52. The van der Waals surface area contributed by atoms with Gasteiger partial charge in [0.05, 0.1) is 59.5 Å². The molecule has 0 aromatic carbocycles. The summed E-state index contributed by atoms with van der Waals surface area (Å²) in [4.78, 5) is 0. The molecule has 0 rings (SSSR count). The molecule has 12 nitrogen and oxygen atoms in total. The third kappa shape index (κ3) is 21.9. The first-order valence-electron chi connectivity index (χ1n) is 17.6. The predicted octanol–water partition coefficient (Wildman–Crippen LogP) is 1.70. The number of rotatable bonds is 35. The lowest BCUT2D eigenvalue weighted by Crippen LogP contribution is -2.43. The van der Waals surface area contributed by atoms with Gasteiger partial charge < -0.3 is 44.8 Å². The SMILES string of the molecule is CCCC(CCC(O)NCCOCCO)C(CCC)(CCC(O)NCCOCCO)C(CCC)CCC(O)NCCOCCO. The van der Waals surface area contributed by atoms with Crippen LogP contribution in [0, 0.1) is 17.3 Å². The zero-order valence-corrected chi connectivity index (χ0v) is 28.8. The van der Waals surface area contributed by atoms with Crippen LogP contribution in [0.5, 0.6) is 0 Å². The van der Waals surface area contributed by atoms with E-state index in [1.165, 1.54) is 0 Å². The Morgan fingerprint density at radius 1 is 0.467 bits per heavy atom. The number of aliphatic hydroxyl groups is 6. The van der Waals surface area contributed by atoms with Gasteiger partial charge in [-0.05, 0) is 62.2 Å². The summed E-state index contributed by atoms with van der Waals surface area (Å²) in [7, 11) is 0. The molecule has 0 heterocycles. The van der Waals surface area contributed by atoms with Gasteiger partial charge in [0.1, 0.15) is 18.7 Å². The maximum Gasteiger partial charge on any atom is 0.105 e. The van der Waals surface area contributed by atoms with E-state index in [2.05, 4.69) is 36.7 Å². The Bertz CT molecular complexity index is 590. The van der Waals surface area contributed by atoms with Gasteiger partial charge >= 0.3 is 0 Å². The maximum atomic E-state index is 10.9. The van der Waals surface area contributed by atoms with Crippen LogP contribution < -0.4 is 16.0 Å². The summed E-state index contributed by atoms with van der Waals surface area (Å²) in [6.07, 6.45) is 8.44. The van der Waals surface area contributed by atoms with Gasteiger partial charge in [-0.3, -0.25) is 16.0 Å². The fraction of sp³-hybridized carbons (Fsp3) is 1.00. The van der Waals surface area contributed by atoms with E-state index in [9.17, 15) is 15.3 Å².